The molecule has 2 N–H and O–H groups in total. The molecule has 0 aromatic heterocycles. The highest BCUT2D eigenvalue weighted by molar-refractivity contribution is 5.78. The minimum Gasteiger partial charge on any atom is -0.378 e. The third-order valence-electron chi connectivity index (χ3n) is 3.60. The average molecular weight is 256 g/mol. The number of nitrogens with zero attached hydrogens (tertiary/aromatic N) is 1. The molecule has 1 aliphatic rings. The Morgan fingerprint density at radius 2 is 2.11 bits per heavy atom. The Hall–Kier alpha value is -0.610. The molecule has 0 spiro atoms. The standard InChI is InChI=1S/C14H28N2O2/c1-3-5-12(2)14(17)16-9-6-13(7-10-16)18-11-4-8-15/h12-13H,3-11,15H2,1-2H3. The molecule has 18 heavy (non-hydrogen) atoms. The summed E-state index contributed by atoms with van der Waals surface area (Å²) in [6.45, 7) is 7.30. The van der Waals surface area contributed by atoms with Gasteiger partial charge in [-0.3, -0.25) is 4.79 Å². The number of carbonyl (C=O) groups is 1. The summed E-state index contributed by atoms with van der Waals surface area (Å²) in [6.07, 6.45) is 5.25. The Bertz CT molecular complexity index is 238. The van der Waals surface area contributed by atoms with Crippen LogP contribution in [0.1, 0.15) is 46.0 Å². The molecule has 0 aromatic rings. The van der Waals surface area contributed by atoms with Crippen LogP contribution in [0, 0.1) is 5.92 Å². The van der Waals surface area contributed by atoms with Gasteiger partial charge in [0.15, 0.2) is 0 Å². The van der Waals surface area contributed by atoms with Crippen molar-refractivity contribution in [3.8, 4) is 0 Å². The number of likely N-dealkylation sites (tertiary alicyclic amines) is 1. The predicted octanol–water partition coefficient (Wildman–Crippen LogP) is 1.78. The van der Waals surface area contributed by atoms with E-state index < -0.39 is 0 Å². The minimum atomic E-state index is 0.171. The van der Waals surface area contributed by atoms with E-state index in [4.69, 9.17) is 10.5 Å². The normalized spacial score (nSPS) is 18.9. The quantitative estimate of drug-likeness (QED) is 0.706. The summed E-state index contributed by atoms with van der Waals surface area (Å²) in [5, 5.41) is 0. The number of hydrogen-bond acceptors (Lipinski definition) is 3. The highest BCUT2D eigenvalue weighted by atomic mass is 16.5. The van der Waals surface area contributed by atoms with Gasteiger partial charge < -0.3 is 15.4 Å². The second-order valence-corrected chi connectivity index (χ2v) is 5.23. The molecule has 4 nitrogen and oxygen atoms in total. The molecular weight excluding hydrogens is 228 g/mol. The molecule has 0 bridgehead atoms. The number of amides is 1. The van der Waals surface area contributed by atoms with Crippen molar-refractivity contribution in [2.24, 2.45) is 11.7 Å². The van der Waals surface area contributed by atoms with Crippen molar-refractivity contribution in [3.05, 3.63) is 0 Å². The van der Waals surface area contributed by atoms with Crippen molar-refractivity contribution < 1.29 is 9.53 Å². The lowest BCUT2D eigenvalue weighted by atomic mass is 10.0. The maximum Gasteiger partial charge on any atom is 0.225 e. The zero-order valence-electron chi connectivity index (χ0n) is 11.9. The van der Waals surface area contributed by atoms with Crippen LogP contribution in [-0.4, -0.2) is 43.2 Å². The second-order valence-electron chi connectivity index (χ2n) is 5.23. The molecular formula is C14H28N2O2. The monoisotopic (exact) mass is 256 g/mol. The Balaban J connectivity index is 2.24. The van der Waals surface area contributed by atoms with E-state index >= 15 is 0 Å². The summed E-state index contributed by atoms with van der Waals surface area (Å²) in [6, 6.07) is 0. The van der Waals surface area contributed by atoms with Gasteiger partial charge in [0, 0.05) is 25.6 Å². The van der Waals surface area contributed by atoms with Gasteiger partial charge in [0.1, 0.15) is 0 Å². The van der Waals surface area contributed by atoms with E-state index in [1.807, 2.05) is 11.8 Å². The third kappa shape index (κ3) is 4.94. The van der Waals surface area contributed by atoms with Crippen LogP contribution in [0.2, 0.25) is 0 Å². The molecule has 0 saturated carbocycles. The lowest BCUT2D eigenvalue weighted by molar-refractivity contribution is -0.137. The summed E-state index contributed by atoms with van der Waals surface area (Å²) in [5.74, 6) is 0.488. The van der Waals surface area contributed by atoms with E-state index in [0.717, 1.165) is 51.8 Å². The van der Waals surface area contributed by atoms with Crippen molar-refractivity contribution in [1.29, 1.82) is 0 Å². The second kappa shape index (κ2) is 8.48. The smallest absolute Gasteiger partial charge is 0.225 e. The summed E-state index contributed by atoms with van der Waals surface area (Å²) < 4.78 is 5.74. The van der Waals surface area contributed by atoms with Crippen LogP contribution >= 0.6 is 0 Å². The van der Waals surface area contributed by atoms with E-state index in [2.05, 4.69) is 6.92 Å². The molecule has 1 atom stereocenters. The van der Waals surface area contributed by atoms with Gasteiger partial charge in [-0.05, 0) is 32.2 Å². The van der Waals surface area contributed by atoms with Crippen LogP contribution in [0.25, 0.3) is 0 Å². The number of ether oxygens (including phenoxy) is 1. The number of rotatable bonds is 7. The lowest BCUT2D eigenvalue weighted by Gasteiger charge is -2.33. The fourth-order valence-corrected chi connectivity index (χ4v) is 2.44. The van der Waals surface area contributed by atoms with E-state index in [1.165, 1.54) is 0 Å². The van der Waals surface area contributed by atoms with Crippen LogP contribution in [0.15, 0.2) is 0 Å². The van der Waals surface area contributed by atoms with Gasteiger partial charge in [0.05, 0.1) is 6.10 Å². The first-order valence-electron chi connectivity index (χ1n) is 7.29. The van der Waals surface area contributed by atoms with Gasteiger partial charge in [0.25, 0.3) is 0 Å². The van der Waals surface area contributed by atoms with E-state index in [0.29, 0.717) is 18.6 Å². The zero-order chi connectivity index (χ0) is 13.4. The molecule has 106 valence electrons. The molecule has 1 amide bonds. The summed E-state index contributed by atoms with van der Waals surface area (Å²) in [7, 11) is 0. The van der Waals surface area contributed by atoms with E-state index in [9.17, 15) is 4.79 Å². The van der Waals surface area contributed by atoms with E-state index in [1.54, 1.807) is 0 Å². The molecule has 1 fully saturated rings. The zero-order valence-corrected chi connectivity index (χ0v) is 11.9. The van der Waals surface area contributed by atoms with E-state index in [-0.39, 0.29) is 5.92 Å². The molecule has 0 aliphatic carbocycles. The van der Waals surface area contributed by atoms with Crippen molar-refractivity contribution in [3.63, 3.8) is 0 Å². The van der Waals surface area contributed by atoms with Crippen LogP contribution in [0.3, 0.4) is 0 Å². The molecule has 0 aromatic carbocycles. The van der Waals surface area contributed by atoms with Gasteiger partial charge in [-0.25, -0.2) is 0 Å². The molecule has 1 aliphatic heterocycles. The van der Waals surface area contributed by atoms with Gasteiger partial charge >= 0.3 is 0 Å². The first-order chi connectivity index (χ1) is 8.69. The Morgan fingerprint density at radius 3 is 2.67 bits per heavy atom. The molecule has 1 heterocycles. The molecule has 1 saturated heterocycles. The molecule has 1 unspecified atom stereocenters. The minimum absolute atomic E-state index is 0.171. The Kier molecular flexibility index (Phi) is 7.28. The first-order valence-corrected chi connectivity index (χ1v) is 7.29. The van der Waals surface area contributed by atoms with Gasteiger partial charge in [0.2, 0.25) is 5.91 Å². The average Bonchev–Trinajstić information content (AvgIpc) is 2.39. The molecule has 0 radical (unpaired) electrons. The summed E-state index contributed by atoms with van der Waals surface area (Å²) in [4.78, 5) is 14.1. The highest BCUT2D eigenvalue weighted by Gasteiger charge is 2.25. The number of hydrogen-bond donors (Lipinski definition) is 1. The Labute approximate surface area is 111 Å². The van der Waals surface area contributed by atoms with Crippen molar-refractivity contribution in [2.45, 2.75) is 52.1 Å². The van der Waals surface area contributed by atoms with Gasteiger partial charge in [-0.2, -0.15) is 0 Å². The number of carbonyl (C=O) groups excluding carboxylic acids is 1. The van der Waals surface area contributed by atoms with Crippen molar-refractivity contribution in [2.75, 3.05) is 26.2 Å². The number of nitrogens with two attached hydrogens (primary N) is 1. The first kappa shape index (κ1) is 15.4. The lowest BCUT2D eigenvalue weighted by Crippen LogP contribution is -2.43. The fraction of sp³-hybridized carbons (Fsp3) is 0.929. The number of piperidine rings is 1. The topological polar surface area (TPSA) is 55.6 Å². The largest absolute Gasteiger partial charge is 0.378 e. The third-order valence-corrected chi connectivity index (χ3v) is 3.60. The summed E-state index contributed by atoms with van der Waals surface area (Å²) in [5.41, 5.74) is 5.43. The maximum atomic E-state index is 12.1. The van der Waals surface area contributed by atoms with Crippen LogP contribution in [-0.2, 0) is 9.53 Å². The molecule has 4 heteroatoms. The van der Waals surface area contributed by atoms with Gasteiger partial charge in [-0.1, -0.05) is 20.3 Å². The van der Waals surface area contributed by atoms with Crippen LogP contribution in [0.5, 0.6) is 0 Å². The SMILES string of the molecule is CCCC(C)C(=O)N1CCC(OCCCN)CC1. The highest BCUT2D eigenvalue weighted by Crippen LogP contribution is 2.17. The van der Waals surface area contributed by atoms with Crippen molar-refractivity contribution in [1.82, 2.24) is 4.90 Å². The van der Waals surface area contributed by atoms with Gasteiger partial charge in [-0.15, -0.1) is 0 Å². The fourth-order valence-electron chi connectivity index (χ4n) is 2.44. The predicted molar refractivity (Wildman–Crippen MR) is 73.3 cm³/mol. The van der Waals surface area contributed by atoms with Crippen LogP contribution in [0.4, 0.5) is 0 Å². The molecule has 1 rings (SSSR count). The summed E-state index contributed by atoms with van der Waals surface area (Å²) >= 11 is 0. The maximum absolute atomic E-state index is 12.1. The van der Waals surface area contributed by atoms with Crippen LogP contribution < -0.4 is 5.73 Å². The van der Waals surface area contributed by atoms with Crippen molar-refractivity contribution >= 4 is 5.91 Å². The Morgan fingerprint density at radius 1 is 1.44 bits per heavy atom.